The first-order valence-corrected chi connectivity index (χ1v) is 4.71. The average molecular weight is 198 g/mol. The van der Waals surface area contributed by atoms with Crippen LogP contribution in [-0.4, -0.2) is 12.2 Å². The first-order valence-electron chi connectivity index (χ1n) is 4.71. The second-order valence-electron chi connectivity index (χ2n) is 3.17. The molecule has 1 atom stereocenters. The number of aliphatic hydroxyl groups is 1. The van der Waals surface area contributed by atoms with Crippen molar-refractivity contribution in [2.24, 2.45) is 0 Å². The lowest BCUT2D eigenvalue weighted by Gasteiger charge is -2.12. The molecule has 1 aromatic rings. The van der Waals surface area contributed by atoms with Crippen LogP contribution >= 0.6 is 0 Å². The molecule has 0 fully saturated rings. The van der Waals surface area contributed by atoms with Crippen LogP contribution < -0.4 is 4.74 Å². The molecule has 1 unspecified atom stereocenters. The summed E-state index contributed by atoms with van der Waals surface area (Å²) in [7, 11) is 1.41. The molecule has 3 heteroatoms. The Balaban J connectivity index is 2.96. The summed E-state index contributed by atoms with van der Waals surface area (Å²) in [6.07, 6.45) is 0.636. The van der Waals surface area contributed by atoms with Crippen LogP contribution in [0.5, 0.6) is 5.75 Å². The van der Waals surface area contributed by atoms with E-state index in [-0.39, 0.29) is 5.75 Å². The molecule has 1 rings (SSSR count). The number of hydrogen-bond donors (Lipinski definition) is 1. The van der Waals surface area contributed by atoms with Gasteiger partial charge in [-0.15, -0.1) is 0 Å². The Bertz CT molecular complexity index is 299. The molecular formula is C11H15FO2. The summed E-state index contributed by atoms with van der Waals surface area (Å²) in [6.45, 7) is 1.95. The third-order valence-corrected chi connectivity index (χ3v) is 2.13. The van der Waals surface area contributed by atoms with Crippen LogP contribution in [0, 0.1) is 5.82 Å². The van der Waals surface area contributed by atoms with E-state index in [2.05, 4.69) is 0 Å². The Morgan fingerprint density at radius 1 is 1.50 bits per heavy atom. The van der Waals surface area contributed by atoms with Crippen molar-refractivity contribution in [2.45, 2.75) is 25.9 Å². The van der Waals surface area contributed by atoms with E-state index in [0.717, 1.165) is 6.42 Å². The number of benzene rings is 1. The topological polar surface area (TPSA) is 29.5 Å². The molecule has 0 aromatic heterocycles. The van der Waals surface area contributed by atoms with E-state index in [1.807, 2.05) is 6.92 Å². The van der Waals surface area contributed by atoms with Gasteiger partial charge in [-0.05, 0) is 12.5 Å². The second-order valence-corrected chi connectivity index (χ2v) is 3.17. The van der Waals surface area contributed by atoms with Gasteiger partial charge in [-0.1, -0.05) is 25.5 Å². The number of hydrogen-bond acceptors (Lipinski definition) is 2. The van der Waals surface area contributed by atoms with Crippen LogP contribution in [0.4, 0.5) is 4.39 Å². The molecule has 0 saturated heterocycles. The molecule has 0 aliphatic rings. The highest BCUT2D eigenvalue weighted by Gasteiger charge is 2.14. The molecule has 0 bridgehead atoms. The molecule has 0 saturated carbocycles. The maximum absolute atomic E-state index is 13.6. The fourth-order valence-corrected chi connectivity index (χ4v) is 1.37. The Morgan fingerprint density at radius 2 is 2.21 bits per heavy atom. The number of aliphatic hydroxyl groups excluding tert-OH is 1. The van der Waals surface area contributed by atoms with Crippen LogP contribution in [0.25, 0.3) is 0 Å². The van der Waals surface area contributed by atoms with Gasteiger partial charge in [0.25, 0.3) is 0 Å². The first-order chi connectivity index (χ1) is 6.70. The summed E-state index contributed by atoms with van der Waals surface area (Å²) >= 11 is 0. The lowest BCUT2D eigenvalue weighted by molar-refractivity contribution is 0.161. The highest BCUT2D eigenvalue weighted by atomic mass is 19.1. The van der Waals surface area contributed by atoms with Gasteiger partial charge in [0.2, 0.25) is 0 Å². The lowest BCUT2D eigenvalue weighted by Crippen LogP contribution is -2.01. The quantitative estimate of drug-likeness (QED) is 0.806. The maximum atomic E-state index is 13.6. The molecule has 0 spiro atoms. The van der Waals surface area contributed by atoms with Gasteiger partial charge in [-0.2, -0.15) is 0 Å². The standard InChI is InChI=1S/C11H15FO2/c1-3-5-9(13)8-6-4-7-10(14-2)11(8)12/h4,6-7,9,13H,3,5H2,1-2H3. The van der Waals surface area contributed by atoms with Gasteiger partial charge in [0.05, 0.1) is 13.2 Å². The molecular weight excluding hydrogens is 183 g/mol. The van der Waals surface area contributed by atoms with Crippen molar-refractivity contribution in [1.29, 1.82) is 0 Å². The predicted octanol–water partition coefficient (Wildman–Crippen LogP) is 2.67. The minimum atomic E-state index is -0.741. The van der Waals surface area contributed by atoms with E-state index in [0.29, 0.717) is 12.0 Å². The molecule has 78 valence electrons. The van der Waals surface area contributed by atoms with E-state index in [9.17, 15) is 9.50 Å². The number of halogens is 1. The molecule has 0 amide bonds. The second kappa shape index (κ2) is 4.96. The molecule has 1 N–H and O–H groups in total. The fraction of sp³-hybridized carbons (Fsp3) is 0.455. The van der Waals surface area contributed by atoms with Crippen molar-refractivity contribution in [3.8, 4) is 5.75 Å². The highest BCUT2D eigenvalue weighted by molar-refractivity contribution is 5.32. The lowest BCUT2D eigenvalue weighted by atomic mass is 10.0. The minimum Gasteiger partial charge on any atom is -0.494 e. The number of ether oxygens (including phenoxy) is 1. The van der Waals surface area contributed by atoms with Crippen LogP contribution in [0.2, 0.25) is 0 Å². The monoisotopic (exact) mass is 198 g/mol. The summed E-state index contributed by atoms with van der Waals surface area (Å²) in [6, 6.07) is 4.80. The van der Waals surface area contributed by atoms with Gasteiger partial charge in [0.15, 0.2) is 11.6 Å². The fourth-order valence-electron chi connectivity index (χ4n) is 1.37. The van der Waals surface area contributed by atoms with Crippen molar-refractivity contribution in [2.75, 3.05) is 7.11 Å². The summed E-state index contributed by atoms with van der Waals surface area (Å²) in [5.41, 5.74) is 0.311. The molecule has 0 aliphatic carbocycles. The van der Waals surface area contributed by atoms with Crippen LogP contribution in [0.3, 0.4) is 0 Å². The molecule has 0 heterocycles. The van der Waals surface area contributed by atoms with Crippen molar-refractivity contribution in [3.05, 3.63) is 29.6 Å². The maximum Gasteiger partial charge on any atom is 0.170 e. The SMILES string of the molecule is CCCC(O)c1cccc(OC)c1F. The first kappa shape index (κ1) is 11.0. The Hall–Kier alpha value is -1.09. The smallest absolute Gasteiger partial charge is 0.170 e. The van der Waals surface area contributed by atoms with Gasteiger partial charge >= 0.3 is 0 Å². The van der Waals surface area contributed by atoms with Crippen LogP contribution in [0.15, 0.2) is 18.2 Å². The molecule has 2 nitrogen and oxygen atoms in total. The predicted molar refractivity (Wildman–Crippen MR) is 52.8 cm³/mol. The third-order valence-electron chi connectivity index (χ3n) is 2.13. The zero-order valence-corrected chi connectivity index (χ0v) is 8.46. The van der Waals surface area contributed by atoms with E-state index >= 15 is 0 Å². The van der Waals surface area contributed by atoms with E-state index < -0.39 is 11.9 Å². The van der Waals surface area contributed by atoms with E-state index in [1.54, 1.807) is 12.1 Å². The van der Waals surface area contributed by atoms with Gasteiger partial charge in [0, 0.05) is 5.56 Å². The van der Waals surface area contributed by atoms with E-state index in [4.69, 9.17) is 4.74 Å². The van der Waals surface area contributed by atoms with Gasteiger partial charge in [-0.3, -0.25) is 0 Å². The normalized spacial score (nSPS) is 12.6. The minimum absolute atomic E-state index is 0.178. The summed E-state index contributed by atoms with van der Waals surface area (Å²) in [4.78, 5) is 0. The van der Waals surface area contributed by atoms with Crippen molar-refractivity contribution in [1.82, 2.24) is 0 Å². The van der Waals surface area contributed by atoms with Crippen molar-refractivity contribution < 1.29 is 14.2 Å². The Kier molecular flexibility index (Phi) is 3.89. The molecule has 0 aliphatic heterocycles. The molecule has 1 aromatic carbocycles. The van der Waals surface area contributed by atoms with Crippen LogP contribution in [0.1, 0.15) is 31.4 Å². The molecule has 14 heavy (non-hydrogen) atoms. The van der Waals surface area contributed by atoms with Gasteiger partial charge in [0.1, 0.15) is 0 Å². The van der Waals surface area contributed by atoms with Gasteiger partial charge in [-0.25, -0.2) is 4.39 Å². The summed E-state index contributed by atoms with van der Waals surface area (Å²) in [5.74, 6) is -0.284. The number of rotatable bonds is 4. The van der Waals surface area contributed by atoms with Gasteiger partial charge < -0.3 is 9.84 Å². The largest absolute Gasteiger partial charge is 0.494 e. The highest BCUT2D eigenvalue weighted by Crippen LogP contribution is 2.27. The zero-order chi connectivity index (χ0) is 10.6. The Morgan fingerprint density at radius 3 is 2.79 bits per heavy atom. The average Bonchev–Trinajstić information content (AvgIpc) is 2.18. The van der Waals surface area contributed by atoms with Crippen molar-refractivity contribution in [3.63, 3.8) is 0 Å². The molecule has 0 radical (unpaired) electrons. The summed E-state index contributed by atoms with van der Waals surface area (Å²) in [5, 5.41) is 9.63. The zero-order valence-electron chi connectivity index (χ0n) is 8.46. The Labute approximate surface area is 83.3 Å². The summed E-state index contributed by atoms with van der Waals surface area (Å²) < 4.78 is 18.4. The van der Waals surface area contributed by atoms with Crippen LogP contribution in [-0.2, 0) is 0 Å². The van der Waals surface area contributed by atoms with E-state index in [1.165, 1.54) is 13.2 Å². The van der Waals surface area contributed by atoms with Crippen molar-refractivity contribution >= 4 is 0 Å². The third kappa shape index (κ3) is 2.23. The number of methoxy groups -OCH3 is 1.